The van der Waals surface area contributed by atoms with E-state index in [0.29, 0.717) is 16.8 Å². The van der Waals surface area contributed by atoms with Gasteiger partial charge in [0.15, 0.2) is 5.82 Å². The molecule has 0 unspecified atom stereocenters. The van der Waals surface area contributed by atoms with Gasteiger partial charge < -0.3 is 5.73 Å². The van der Waals surface area contributed by atoms with Crippen molar-refractivity contribution in [1.82, 2.24) is 9.97 Å². The van der Waals surface area contributed by atoms with Gasteiger partial charge >= 0.3 is 6.18 Å². The average molecular weight is 329 g/mol. The van der Waals surface area contributed by atoms with Gasteiger partial charge in [-0.3, -0.25) is 0 Å². The lowest BCUT2D eigenvalue weighted by Gasteiger charge is -2.11. The van der Waals surface area contributed by atoms with Crippen LogP contribution in [0.4, 0.5) is 18.9 Å². The van der Waals surface area contributed by atoms with Gasteiger partial charge in [-0.2, -0.15) is 13.2 Å². The molecule has 6 heteroatoms. The van der Waals surface area contributed by atoms with Crippen molar-refractivity contribution in [3.05, 3.63) is 65.9 Å². The number of halogens is 3. The fourth-order valence-corrected chi connectivity index (χ4v) is 2.23. The Hall–Kier alpha value is -2.89. The van der Waals surface area contributed by atoms with Gasteiger partial charge in [-0.15, -0.1) is 0 Å². The standard InChI is InChI=1S/C18H14F3N3/c1-11-2-4-13(5-3-11)17-23-15(10-16(24-17)18(19,20)21)12-6-8-14(22)9-7-12/h2-10H,22H2,1H3. The molecule has 1 aromatic heterocycles. The Morgan fingerprint density at radius 1 is 0.833 bits per heavy atom. The summed E-state index contributed by atoms with van der Waals surface area (Å²) >= 11 is 0. The van der Waals surface area contributed by atoms with Crippen molar-refractivity contribution in [2.75, 3.05) is 5.73 Å². The van der Waals surface area contributed by atoms with Crippen LogP contribution in [0.2, 0.25) is 0 Å². The van der Waals surface area contributed by atoms with Gasteiger partial charge in [0.05, 0.1) is 5.69 Å². The van der Waals surface area contributed by atoms with E-state index < -0.39 is 11.9 Å². The molecule has 0 aliphatic rings. The minimum absolute atomic E-state index is 0.0386. The Morgan fingerprint density at radius 2 is 1.42 bits per heavy atom. The Labute approximate surface area is 137 Å². The maximum Gasteiger partial charge on any atom is 0.433 e. The molecule has 1 heterocycles. The number of alkyl halides is 3. The lowest BCUT2D eigenvalue weighted by atomic mass is 10.1. The SMILES string of the molecule is Cc1ccc(-c2nc(-c3ccc(N)cc3)cc(C(F)(F)F)n2)cc1. The molecule has 0 saturated heterocycles. The highest BCUT2D eigenvalue weighted by atomic mass is 19.4. The maximum absolute atomic E-state index is 13.2. The quantitative estimate of drug-likeness (QED) is 0.692. The molecule has 24 heavy (non-hydrogen) atoms. The second-order valence-electron chi connectivity index (χ2n) is 5.45. The van der Waals surface area contributed by atoms with Gasteiger partial charge in [0.1, 0.15) is 5.69 Å². The minimum atomic E-state index is -4.55. The Morgan fingerprint density at radius 3 is 2.00 bits per heavy atom. The van der Waals surface area contributed by atoms with Crippen LogP contribution in [0.25, 0.3) is 22.6 Å². The van der Waals surface area contributed by atoms with E-state index in [0.717, 1.165) is 11.6 Å². The highest BCUT2D eigenvalue weighted by Crippen LogP contribution is 2.32. The first-order valence-electron chi connectivity index (χ1n) is 7.22. The van der Waals surface area contributed by atoms with Crippen molar-refractivity contribution in [3.8, 4) is 22.6 Å². The van der Waals surface area contributed by atoms with Crippen molar-refractivity contribution < 1.29 is 13.2 Å². The van der Waals surface area contributed by atoms with Crippen molar-refractivity contribution in [1.29, 1.82) is 0 Å². The molecule has 0 fully saturated rings. The number of hydrogen-bond donors (Lipinski definition) is 1. The molecule has 0 radical (unpaired) electrons. The lowest BCUT2D eigenvalue weighted by Crippen LogP contribution is -2.10. The van der Waals surface area contributed by atoms with Crippen LogP contribution in [0.15, 0.2) is 54.6 Å². The van der Waals surface area contributed by atoms with Crippen LogP contribution in [-0.4, -0.2) is 9.97 Å². The van der Waals surface area contributed by atoms with E-state index in [1.807, 2.05) is 19.1 Å². The third-order valence-electron chi connectivity index (χ3n) is 3.53. The van der Waals surface area contributed by atoms with Crippen LogP contribution >= 0.6 is 0 Å². The minimum Gasteiger partial charge on any atom is -0.399 e. The van der Waals surface area contributed by atoms with Crippen molar-refractivity contribution in [2.24, 2.45) is 0 Å². The number of aromatic nitrogens is 2. The molecule has 3 rings (SSSR count). The van der Waals surface area contributed by atoms with E-state index in [4.69, 9.17) is 5.73 Å². The Kier molecular flexibility index (Phi) is 3.97. The number of rotatable bonds is 2. The molecule has 0 amide bonds. The normalized spacial score (nSPS) is 11.5. The van der Waals surface area contributed by atoms with Crippen LogP contribution in [0.1, 0.15) is 11.3 Å². The van der Waals surface area contributed by atoms with Crippen LogP contribution in [0.5, 0.6) is 0 Å². The molecule has 0 spiro atoms. The monoisotopic (exact) mass is 329 g/mol. The van der Waals surface area contributed by atoms with E-state index in [-0.39, 0.29) is 11.5 Å². The van der Waals surface area contributed by atoms with E-state index in [9.17, 15) is 13.2 Å². The summed E-state index contributed by atoms with van der Waals surface area (Å²) in [5.74, 6) is 0.0386. The van der Waals surface area contributed by atoms with Gasteiger partial charge in [0, 0.05) is 16.8 Å². The van der Waals surface area contributed by atoms with Gasteiger partial charge in [-0.1, -0.05) is 42.0 Å². The zero-order valence-electron chi connectivity index (χ0n) is 12.8. The number of aryl methyl sites for hydroxylation is 1. The zero-order valence-corrected chi connectivity index (χ0v) is 12.8. The average Bonchev–Trinajstić information content (AvgIpc) is 2.55. The molecule has 0 bridgehead atoms. The van der Waals surface area contributed by atoms with Gasteiger partial charge in [-0.25, -0.2) is 9.97 Å². The van der Waals surface area contributed by atoms with E-state index >= 15 is 0 Å². The summed E-state index contributed by atoms with van der Waals surface area (Å²) in [5.41, 5.74) is 7.47. The molecular weight excluding hydrogens is 315 g/mol. The summed E-state index contributed by atoms with van der Waals surface area (Å²) < 4.78 is 39.6. The van der Waals surface area contributed by atoms with Crippen LogP contribution in [-0.2, 0) is 6.18 Å². The van der Waals surface area contributed by atoms with Gasteiger partial charge in [0.25, 0.3) is 0 Å². The number of nitrogen functional groups attached to an aromatic ring is 1. The highest BCUT2D eigenvalue weighted by molar-refractivity contribution is 5.66. The third kappa shape index (κ3) is 3.37. The summed E-state index contributed by atoms with van der Waals surface area (Å²) in [6.07, 6.45) is -4.55. The van der Waals surface area contributed by atoms with Crippen molar-refractivity contribution in [3.63, 3.8) is 0 Å². The number of nitrogens with zero attached hydrogens (tertiary/aromatic N) is 2. The smallest absolute Gasteiger partial charge is 0.399 e. The van der Waals surface area contributed by atoms with Gasteiger partial charge in [0.2, 0.25) is 0 Å². The molecule has 0 atom stereocenters. The number of nitrogens with two attached hydrogens (primary N) is 1. The molecule has 2 N–H and O–H groups in total. The first kappa shape index (κ1) is 16.0. The second kappa shape index (κ2) is 5.96. The van der Waals surface area contributed by atoms with Crippen molar-refractivity contribution in [2.45, 2.75) is 13.1 Å². The predicted octanol–water partition coefficient (Wildman–Crippen LogP) is 4.72. The maximum atomic E-state index is 13.2. The summed E-state index contributed by atoms with van der Waals surface area (Å²) in [6, 6.07) is 14.5. The zero-order chi connectivity index (χ0) is 17.3. The molecule has 3 nitrogen and oxygen atoms in total. The molecule has 3 aromatic rings. The topological polar surface area (TPSA) is 51.8 Å². The fraction of sp³-hybridized carbons (Fsp3) is 0.111. The largest absolute Gasteiger partial charge is 0.433 e. The van der Waals surface area contributed by atoms with E-state index in [1.165, 1.54) is 0 Å². The van der Waals surface area contributed by atoms with E-state index in [1.54, 1.807) is 36.4 Å². The van der Waals surface area contributed by atoms with E-state index in [2.05, 4.69) is 9.97 Å². The Balaban J connectivity index is 2.17. The molecule has 122 valence electrons. The number of anilines is 1. The van der Waals surface area contributed by atoms with Crippen LogP contribution < -0.4 is 5.73 Å². The fourth-order valence-electron chi connectivity index (χ4n) is 2.23. The second-order valence-corrected chi connectivity index (χ2v) is 5.45. The third-order valence-corrected chi connectivity index (χ3v) is 3.53. The molecule has 0 aliphatic heterocycles. The first-order chi connectivity index (χ1) is 11.3. The molecular formula is C18H14F3N3. The van der Waals surface area contributed by atoms with Crippen LogP contribution in [0, 0.1) is 6.92 Å². The van der Waals surface area contributed by atoms with Crippen molar-refractivity contribution >= 4 is 5.69 Å². The predicted molar refractivity (Wildman–Crippen MR) is 87.1 cm³/mol. The first-order valence-corrected chi connectivity index (χ1v) is 7.22. The number of hydrogen-bond acceptors (Lipinski definition) is 3. The summed E-state index contributed by atoms with van der Waals surface area (Å²) in [7, 11) is 0. The summed E-state index contributed by atoms with van der Waals surface area (Å²) in [6.45, 7) is 1.90. The molecule has 0 aliphatic carbocycles. The summed E-state index contributed by atoms with van der Waals surface area (Å²) in [4.78, 5) is 7.98. The highest BCUT2D eigenvalue weighted by Gasteiger charge is 2.33. The lowest BCUT2D eigenvalue weighted by molar-refractivity contribution is -0.141. The Bertz CT molecular complexity index is 790. The molecule has 0 saturated carbocycles. The van der Waals surface area contributed by atoms with Crippen LogP contribution in [0.3, 0.4) is 0 Å². The molecule has 2 aromatic carbocycles. The summed E-state index contributed by atoms with van der Waals surface area (Å²) in [5, 5.41) is 0. The van der Waals surface area contributed by atoms with Gasteiger partial charge in [-0.05, 0) is 25.1 Å². The number of benzene rings is 2.